The van der Waals surface area contributed by atoms with E-state index < -0.39 is 10.0 Å². The Balaban J connectivity index is 1.76. The lowest BCUT2D eigenvalue weighted by atomic mass is 10.2. The van der Waals surface area contributed by atoms with Crippen LogP contribution in [0, 0.1) is 0 Å². The zero-order chi connectivity index (χ0) is 19.8. The third kappa shape index (κ3) is 4.36. The van der Waals surface area contributed by atoms with Crippen molar-refractivity contribution >= 4 is 62.3 Å². The molecule has 0 radical (unpaired) electrons. The molecule has 0 unspecified atom stereocenters. The van der Waals surface area contributed by atoms with Gasteiger partial charge >= 0.3 is 0 Å². The number of sulfonamides is 1. The van der Waals surface area contributed by atoms with Crippen LogP contribution < -0.4 is 0 Å². The van der Waals surface area contributed by atoms with Crippen molar-refractivity contribution in [1.82, 2.24) is 9.21 Å². The molecule has 1 amide bonds. The molecule has 1 aliphatic heterocycles. The van der Waals surface area contributed by atoms with Gasteiger partial charge in [0.1, 0.15) is 4.90 Å². The van der Waals surface area contributed by atoms with E-state index >= 15 is 0 Å². The summed E-state index contributed by atoms with van der Waals surface area (Å²) < 4.78 is 27.0. The van der Waals surface area contributed by atoms with Gasteiger partial charge in [0.2, 0.25) is 10.0 Å². The number of piperazine rings is 1. The molecular weight excluding hydrogens is 454 g/mol. The fraction of sp³-hybridized carbons (Fsp3) is 0.235. The number of benzene rings is 2. The van der Waals surface area contributed by atoms with Crippen molar-refractivity contribution in [3.63, 3.8) is 0 Å². The molecule has 0 N–H and O–H groups in total. The highest BCUT2D eigenvalue weighted by Crippen LogP contribution is 2.32. The van der Waals surface area contributed by atoms with E-state index in [4.69, 9.17) is 46.4 Å². The maximum atomic E-state index is 12.9. The minimum Gasteiger partial charge on any atom is -0.336 e. The predicted molar refractivity (Wildman–Crippen MR) is 108 cm³/mol. The quantitative estimate of drug-likeness (QED) is 0.670. The summed E-state index contributed by atoms with van der Waals surface area (Å²) >= 11 is 24.0. The Morgan fingerprint density at radius 2 is 1.37 bits per heavy atom. The molecule has 0 bridgehead atoms. The molecule has 0 spiro atoms. The van der Waals surface area contributed by atoms with Gasteiger partial charge in [-0.1, -0.05) is 52.5 Å². The highest BCUT2D eigenvalue weighted by Gasteiger charge is 2.33. The number of hydrogen-bond donors (Lipinski definition) is 0. The Kier molecular flexibility index (Phi) is 6.25. The van der Waals surface area contributed by atoms with Gasteiger partial charge in [0.25, 0.3) is 5.91 Å². The fourth-order valence-electron chi connectivity index (χ4n) is 2.85. The van der Waals surface area contributed by atoms with E-state index in [9.17, 15) is 13.2 Å². The first kappa shape index (κ1) is 20.7. The molecule has 1 aliphatic rings. The largest absolute Gasteiger partial charge is 0.336 e. The Morgan fingerprint density at radius 3 is 1.89 bits per heavy atom. The van der Waals surface area contributed by atoms with E-state index in [1.54, 1.807) is 11.0 Å². The van der Waals surface area contributed by atoms with Crippen LogP contribution in [-0.4, -0.2) is 49.7 Å². The minimum atomic E-state index is -3.86. The third-order valence-electron chi connectivity index (χ3n) is 4.15. The average Bonchev–Trinajstić information content (AvgIpc) is 2.60. The Labute approximate surface area is 177 Å². The third-order valence-corrected chi connectivity index (χ3v) is 7.44. The number of rotatable bonds is 3. The molecule has 1 heterocycles. The first-order valence-electron chi connectivity index (χ1n) is 7.89. The van der Waals surface area contributed by atoms with Crippen molar-refractivity contribution < 1.29 is 13.2 Å². The maximum Gasteiger partial charge on any atom is 0.254 e. The summed E-state index contributed by atoms with van der Waals surface area (Å²) in [4.78, 5) is 14.1. The van der Waals surface area contributed by atoms with Crippen molar-refractivity contribution in [1.29, 1.82) is 0 Å². The van der Waals surface area contributed by atoms with Gasteiger partial charge in [-0.15, -0.1) is 0 Å². The minimum absolute atomic E-state index is 0.0644. The van der Waals surface area contributed by atoms with Crippen LogP contribution >= 0.6 is 46.4 Å². The second-order valence-electron chi connectivity index (χ2n) is 5.91. The predicted octanol–water partition coefficient (Wildman–Crippen LogP) is 4.45. The zero-order valence-corrected chi connectivity index (χ0v) is 17.7. The fourth-order valence-corrected chi connectivity index (χ4v) is 5.89. The van der Waals surface area contributed by atoms with Gasteiger partial charge in [0, 0.05) is 41.8 Å². The van der Waals surface area contributed by atoms with Crippen LogP contribution in [-0.2, 0) is 10.0 Å². The summed E-state index contributed by atoms with van der Waals surface area (Å²) in [7, 11) is -3.86. The zero-order valence-electron chi connectivity index (χ0n) is 13.8. The topological polar surface area (TPSA) is 57.7 Å². The van der Waals surface area contributed by atoms with Crippen LogP contribution in [0.25, 0.3) is 0 Å². The molecule has 3 rings (SSSR count). The van der Waals surface area contributed by atoms with Gasteiger partial charge in [-0.05, 0) is 30.3 Å². The maximum absolute atomic E-state index is 12.9. The van der Waals surface area contributed by atoms with E-state index in [1.807, 2.05) is 0 Å². The van der Waals surface area contributed by atoms with E-state index in [1.165, 1.54) is 34.6 Å². The van der Waals surface area contributed by atoms with Gasteiger partial charge < -0.3 is 4.90 Å². The summed E-state index contributed by atoms with van der Waals surface area (Å²) in [5, 5.41) is 0.852. The molecule has 0 aliphatic carbocycles. The SMILES string of the molecule is O=C(c1cc(Cl)cc(Cl)c1)N1CCN(S(=O)(=O)c2c(Cl)cccc2Cl)CC1. The van der Waals surface area contributed by atoms with Crippen LogP contribution in [0.1, 0.15) is 10.4 Å². The van der Waals surface area contributed by atoms with Crippen molar-refractivity contribution in [3.05, 3.63) is 62.1 Å². The number of halogens is 4. The molecule has 10 heteroatoms. The molecule has 2 aromatic rings. The van der Waals surface area contributed by atoms with Crippen molar-refractivity contribution in [2.45, 2.75) is 4.90 Å². The van der Waals surface area contributed by atoms with Gasteiger partial charge in [-0.3, -0.25) is 4.79 Å². The molecule has 0 aromatic heterocycles. The molecule has 2 aromatic carbocycles. The lowest BCUT2D eigenvalue weighted by Gasteiger charge is -2.34. The van der Waals surface area contributed by atoms with Crippen molar-refractivity contribution in [3.8, 4) is 0 Å². The molecule has 0 saturated carbocycles. The van der Waals surface area contributed by atoms with E-state index in [0.717, 1.165) is 0 Å². The van der Waals surface area contributed by atoms with Crippen LogP contribution in [0.2, 0.25) is 20.1 Å². The molecule has 27 heavy (non-hydrogen) atoms. The highest BCUT2D eigenvalue weighted by molar-refractivity contribution is 7.89. The van der Waals surface area contributed by atoms with E-state index in [0.29, 0.717) is 15.6 Å². The first-order chi connectivity index (χ1) is 12.7. The normalized spacial score (nSPS) is 15.8. The van der Waals surface area contributed by atoms with Gasteiger partial charge in [0.15, 0.2) is 0 Å². The molecule has 0 atom stereocenters. The van der Waals surface area contributed by atoms with E-state index in [-0.39, 0.29) is 47.0 Å². The molecular formula is C17H14Cl4N2O3S. The van der Waals surface area contributed by atoms with Crippen molar-refractivity contribution in [2.75, 3.05) is 26.2 Å². The van der Waals surface area contributed by atoms with Gasteiger partial charge in [-0.2, -0.15) is 4.31 Å². The molecule has 5 nitrogen and oxygen atoms in total. The number of amides is 1. The number of carbonyl (C=O) groups excluding carboxylic acids is 1. The second kappa shape index (κ2) is 8.15. The lowest BCUT2D eigenvalue weighted by Crippen LogP contribution is -2.50. The molecule has 1 saturated heterocycles. The number of nitrogens with zero attached hydrogens (tertiary/aromatic N) is 2. The van der Waals surface area contributed by atoms with Crippen LogP contribution in [0.3, 0.4) is 0 Å². The van der Waals surface area contributed by atoms with Crippen LogP contribution in [0.5, 0.6) is 0 Å². The Bertz CT molecular complexity index is 949. The summed E-state index contributed by atoms with van der Waals surface area (Å²) in [5.41, 5.74) is 0.359. The number of carbonyl (C=O) groups is 1. The summed E-state index contributed by atoms with van der Waals surface area (Å²) in [6.07, 6.45) is 0. The van der Waals surface area contributed by atoms with Crippen LogP contribution in [0.15, 0.2) is 41.3 Å². The lowest BCUT2D eigenvalue weighted by molar-refractivity contribution is 0.0698. The summed E-state index contributed by atoms with van der Waals surface area (Å²) in [5.74, 6) is -0.257. The first-order valence-corrected chi connectivity index (χ1v) is 10.8. The summed E-state index contributed by atoms with van der Waals surface area (Å²) in [6, 6.07) is 9.13. The Hall–Kier alpha value is -1.02. The molecule has 1 fully saturated rings. The Morgan fingerprint density at radius 1 is 0.852 bits per heavy atom. The summed E-state index contributed by atoms with van der Waals surface area (Å²) in [6.45, 7) is 0.711. The smallest absolute Gasteiger partial charge is 0.254 e. The van der Waals surface area contributed by atoms with Crippen LogP contribution in [0.4, 0.5) is 0 Å². The van der Waals surface area contributed by atoms with Crippen molar-refractivity contribution in [2.24, 2.45) is 0 Å². The monoisotopic (exact) mass is 466 g/mol. The highest BCUT2D eigenvalue weighted by atomic mass is 35.5. The van der Waals surface area contributed by atoms with Gasteiger partial charge in [-0.25, -0.2) is 8.42 Å². The molecule has 144 valence electrons. The standard InChI is InChI=1S/C17H14Cl4N2O3S/c18-12-8-11(9-13(19)10-12)17(24)22-4-6-23(7-5-22)27(25,26)16-14(20)2-1-3-15(16)21/h1-3,8-10H,4-7H2. The van der Waals surface area contributed by atoms with Gasteiger partial charge in [0.05, 0.1) is 10.0 Å². The van der Waals surface area contributed by atoms with E-state index in [2.05, 4.69) is 0 Å². The number of hydrogen-bond acceptors (Lipinski definition) is 3. The average molecular weight is 468 g/mol. The second-order valence-corrected chi connectivity index (χ2v) is 9.47.